The quantitative estimate of drug-likeness (QED) is 0.511. The maximum absolute atomic E-state index is 15.1. The fraction of sp³-hybridized carbons (Fsp3) is 0.600. The molecule has 11 nitrogen and oxygen atoms in total. The van der Waals surface area contributed by atoms with Crippen molar-refractivity contribution >= 4 is 27.8 Å². The Bertz CT molecular complexity index is 1100. The van der Waals surface area contributed by atoms with E-state index < -0.39 is 55.0 Å². The fourth-order valence-corrected chi connectivity index (χ4v) is 6.16. The molecule has 0 radical (unpaired) electrons. The van der Waals surface area contributed by atoms with Gasteiger partial charge in [-0.1, -0.05) is 0 Å². The van der Waals surface area contributed by atoms with E-state index in [0.29, 0.717) is 6.42 Å². The number of non-ortho nitro benzene ring substituents is 1. The summed E-state index contributed by atoms with van der Waals surface area (Å²) in [6.45, 7) is 4.91. The van der Waals surface area contributed by atoms with Gasteiger partial charge >= 0.3 is 6.09 Å². The highest BCUT2D eigenvalue weighted by molar-refractivity contribution is 7.90. The second kappa shape index (κ2) is 8.52. The molecule has 3 rings (SSSR count). The van der Waals surface area contributed by atoms with Crippen LogP contribution in [0.2, 0.25) is 0 Å². The third kappa shape index (κ3) is 4.64. The van der Waals surface area contributed by atoms with E-state index in [2.05, 4.69) is 10.3 Å². The minimum absolute atomic E-state index is 0.00543. The Kier molecular flexibility index (Phi) is 6.41. The van der Waals surface area contributed by atoms with E-state index in [-0.39, 0.29) is 24.4 Å². The van der Waals surface area contributed by atoms with Gasteiger partial charge < -0.3 is 9.47 Å². The van der Waals surface area contributed by atoms with Gasteiger partial charge in [0.25, 0.3) is 5.69 Å². The number of amides is 1. The molecule has 1 amide bonds. The van der Waals surface area contributed by atoms with Gasteiger partial charge in [-0.05, 0) is 46.1 Å². The van der Waals surface area contributed by atoms with Crippen LogP contribution >= 0.6 is 0 Å². The number of methoxy groups -OCH3 is 1. The van der Waals surface area contributed by atoms with Crippen LogP contribution in [0, 0.1) is 15.9 Å². The number of alkyl carbamates (subject to hydrolysis) is 1. The van der Waals surface area contributed by atoms with Crippen molar-refractivity contribution in [3.8, 4) is 0 Å². The number of nitrogens with zero attached hydrogens (tertiary/aromatic N) is 3. The molecule has 3 atom stereocenters. The molecule has 2 aliphatic rings. The van der Waals surface area contributed by atoms with Crippen molar-refractivity contribution in [3.05, 3.63) is 39.7 Å². The van der Waals surface area contributed by atoms with Crippen molar-refractivity contribution in [2.45, 2.75) is 62.5 Å². The van der Waals surface area contributed by atoms with Gasteiger partial charge in [0.1, 0.15) is 22.2 Å². The fourth-order valence-electron chi connectivity index (χ4n) is 4.20. The smallest absolute Gasteiger partial charge is 0.414 e. The number of hydrogen-bond donors (Lipinski definition) is 1. The lowest BCUT2D eigenvalue weighted by atomic mass is 9.75. The summed E-state index contributed by atoms with van der Waals surface area (Å²) < 4.78 is 53.5. The van der Waals surface area contributed by atoms with Crippen molar-refractivity contribution < 1.29 is 32.0 Å². The monoisotopic (exact) mass is 486 g/mol. The first-order chi connectivity index (χ1) is 15.2. The Morgan fingerprint density at radius 2 is 2.06 bits per heavy atom. The van der Waals surface area contributed by atoms with Crippen LogP contribution in [0.25, 0.3) is 0 Å². The average Bonchev–Trinajstić information content (AvgIpc) is 2.70. The number of carbonyl (C=O) groups excluding carboxylic acids is 1. The van der Waals surface area contributed by atoms with Gasteiger partial charge in [-0.15, -0.1) is 0 Å². The van der Waals surface area contributed by atoms with Crippen molar-refractivity contribution in [1.29, 1.82) is 0 Å². The van der Waals surface area contributed by atoms with Gasteiger partial charge in [0.2, 0.25) is 16.0 Å². The van der Waals surface area contributed by atoms with E-state index in [1.807, 2.05) is 0 Å². The summed E-state index contributed by atoms with van der Waals surface area (Å²) >= 11 is 0. The average molecular weight is 487 g/mol. The molecule has 1 heterocycles. The molecule has 1 N–H and O–H groups in total. The molecule has 13 heteroatoms. The first-order valence-corrected chi connectivity index (χ1v) is 11.8. The summed E-state index contributed by atoms with van der Waals surface area (Å²) in [5, 5.41) is 12.4. The number of halogens is 1. The van der Waals surface area contributed by atoms with Gasteiger partial charge in [-0.2, -0.15) is 0 Å². The van der Waals surface area contributed by atoms with Crippen LogP contribution in [0.15, 0.2) is 23.2 Å². The second-order valence-corrected chi connectivity index (χ2v) is 11.2. The van der Waals surface area contributed by atoms with E-state index in [1.54, 1.807) is 20.8 Å². The predicted molar refractivity (Wildman–Crippen MR) is 117 cm³/mol. The molecule has 0 aromatic heterocycles. The van der Waals surface area contributed by atoms with Gasteiger partial charge in [0.05, 0.1) is 11.0 Å². The number of carbonyl (C=O) groups is 1. The highest BCUT2D eigenvalue weighted by Gasteiger charge is 2.57. The van der Waals surface area contributed by atoms with Crippen molar-refractivity contribution in [3.63, 3.8) is 0 Å². The van der Waals surface area contributed by atoms with Crippen LogP contribution in [-0.2, 0) is 25.0 Å². The highest BCUT2D eigenvalue weighted by atomic mass is 32.2. The maximum atomic E-state index is 15.1. The largest absolute Gasteiger partial charge is 0.444 e. The number of fused-ring (bicyclic) bond motifs is 1. The van der Waals surface area contributed by atoms with Crippen LogP contribution in [0.4, 0.5) is 14.9 Å². The van der Waals surface area contributed by atoms with E-state index in [4.69, 9.17) is 9.47 Å². The minimum Gasteiger partial charge on any atom is -0.444 e. The summed E-state index contributed by atoms with van der Waals surface area (Å²) in [7, 11) is -1.52. The number of ether oxygens (including phenoxy) is 2. The molecule has 1 fully saturated rings. The Hall–Kier alpha value is -2.80. The lowest BCUT2D eigenvalue weighted by molar-refractivity contribution is -0.385. The van der Waals surface area contributed by atoms with Crippen molar-refractivity contribution in [1.82, 2.24) is 9.62 Å². The second-order valence-electron chi connectivity index (χ2n) is 9.04. The summed E-state index contributed by atoms with van der Waals surface area (Å²) in [4.78, 5) is 27.6. The zero-order valence-electron chi connectivity index (χ0n) is 19.0. The molecular weight excluding hydrogens is 459 g/mol. The number of rotatable bonds is 3. The third-order valence-corrected chi connectivity index (χ3v) is 8.01. The minimum atomic E-state index is -4.18. The molecule has 1 aliphatic carbocycles. The van der Waals surface area contributed by atoms with Crippen LogP contribution in [0.3, 0.4) is 0 Å². The van der Waals surface area contributed by atoms with Crippen LogP contribution in [-0.4, -0.2) is 60.8 Å². The number of nitro benzene ring substituents is 1. The maximum Gasteiger partial charge on any atom is 0.414 e. The summed E-state index contributed by atoms with van der Waals surface area (Å²) in [6, 6.07) is 2.92. The molecule has 0 saturated heterocycles. The third-order valence-electron chi connectivity index (χ3n) is 5.78. The van der Waals surface area contributed by atoms with Crippen LogP contribution in [0.5, 0.6) is 0 Å². The van der Waals surface area contributed by atoms with E-state index in [1.165, 1.54) is 14.2 Å². The Morgan fingerprint density at radius 1 is 1.39 bits per heavy atom. The van der Waals surface area contributed by atoms with E-state index >= 15 is 4.39 Å². The molecule has 1 saturated carbocycles. The van der Waals surface area contributed by atoms with Crippen molar-refractivity contribution in [2.24, 2.45) is 4.99 Å². The number of aliphatic imine (C=N–C) groups is 1. The number of guanidine groups is 1. The van der Waals surface area contributed by atoms with Gasteiger partial charge in [0.15, 0.2) is 0 Å². The first-order valence-electron chi connectivity index (χ1n) is 10.3. The first kappa shape index (κ1) is 24.8. The lowest BCUT2D eigenvalue weighted by Gasteiger charge is -2.48. The van der Waals surface area contributed by atoms with Gasteiger partial charge in [0, 0.05) is 31.9 Å². The predicted octanol–water partition coefficient (Wildman–Crippen LogP) is 2.65. The van der Waals surface area contributed by atoms with Crippen LogP contribution < -0.4 is 5.32 Å². The zero-order chi connectivity index (χ0) is 24.8. The Morgan fingerprint density at radius 3 is 2.64 bits per heavy atom. The number of benzene rings is 1. The highest BCUT2D eigenvalue weighted by Crippen LogP contribution is 2.49. The van der Waals surface area contributed by atoms with Gasteiger partial charge in [-0.3, -0.25) is 15.4 Å². The van der Waals surface area contributed by atoms with Crippen LogP contribution in [0.1, 0.15) is 45.6 Å². The van der Waals surface area contributed by atoms with E-state index in [0.717, 1.165) is 22.5 Å². The molecule has 33 heavy (non-hydrogen) atoms. The lowest BCUT2D eigenvalue weighted by Crippen LogP contribution is -2.61. The Labute approximate surface area is 191 Å². The summed E-state index contributed by atoms with van der Waals surface area (Å²) in [5.41, 5.74) is -3.20. The normalized spacial score (nSPS) is 26.7. The topological polar surface area (TPSA) is 140 Å². The number of nitro groups is 1. The van der Waals surface area contributed by atoms with E-state index in [9.17, 15) is 23.3 Å². The molecule has 1 aromatic carbocycles. The number of nitrogens with one attached hydrogen (secondary N) is 1. The molecule has 1 aromatic rings. The molecule has 0 bridgehead atoms. The molecule has 182 valence electrons. The molecule has 1 aliphatic heterocycles. The molecule has 3 unspecified atom stereocenters. The van der Waals surface area contributed by atoms with Gasteiger partial charge in [-0.25, -0.2) is 26.9 Å². The SMILES string of the molecule is COC1CCC2(c3cc([N+](=O)[O-])ccc3F)N=C(NC(=O)OC(C)(C)C)N(C)S(=O)(=O)C2C1. The molecule has 0 spiro atoms. The van der Waals surface area contributed by atoms with Crippen molar-refractivity contribution in [2.75, 3.05) is 14.2 Å². The summed E-state index contributed by atoms with van der Waals surface area (Å²) in [6.07, 6.45) is -1.02. The Balaban J connectivity index is 2.21. The standard InChI is InChI=1S/C20H27FN4O7S/c1-19(2,3)32-18(26)22-17-23-20(14-10-12(25(27)28)6-7-15(14)21)9-8-13(31-5)11-16(20)33(29,30)24(17)4/h6-7,10,13,16H,8-9,11H2,1-5H3,(H,22,23,26). The number of sulfonamides is 1. The molecular formula is C20H27FN4O7S. The summed E-state index contributed by atoms with van der Waals surface area (Å²) in [5.74, 6) is -1.19. The number of hydrogen-bond acceptors (Lipinski definition) is 8. The zero-order valence-corrected chi connectivity index (χ0v) is 19.8.